The first-order valence-electron chi connectivity index (χ1n) is 9.66. The molecule has 0 unspecified atom stereocenters. The van der Waals surface area contributed by atoms with E-state index >= 15 is 0 Å². The first kappa shape index (κ1) is 17.8. The molecule has 6 heteroatoms. The zero-order valence-corrected chi connectivity index (χ0v) is 15.7. The third-order valence-electron chi connectivity index (χ3n) is 5.64. The van der Waals surface area contributed by atoms with Gasteiger partial charge in [-0.3, -0.25) is 9.59 Å². The summed E-state index contributed by atoms with van der Waals surface area (Å²) in [6.07, 6.45) is 5.42. The van der Waals surface area contributed by atoms with Gasteiger partial charge in [0.2, 0.25) is 5.91 Å². The van der Waals surface area contributed by atoms with Gasteiger partial charge in [0.05, 0.1) is 24.9 Å². The minimum Gasteiger partial charge on any atom is -0.497 e. The summed E-state index contributed by atoms with van der Waals surface area (Å²) in [5, 5.41) is 0. The number of carbonyl (C=O) groups excluding carboxylic acids is 1. The Morgan fingerprint density at radius 2 is 2.15 bits per heavy atom. The number of amides is 1. The predicted molar refractivity (Wildman–Crippen MR) is 102 cm³/mol. The smallest absolute Gasteiger partial charge is 0.256 e. The van der Waals surface area contributed by atoms with E-state index in [1.807, 2.05) is 29.2 Å². The summed E-state index contributed by atoms with van der Waals surface area (Å²) in [6, 6.07) is 7.76. The van der Waals surface area contributed by atoms with Crippen molar-refractivity contribution >= 4 is 5.91 Å². The van der Waals surface area contributed by atoms with Crippen molar-refractivity contribution in [3.63, 3.8) is 0 Å². The zero-order valence-electron chi connectivity index (χ0n) is 15.7. The van der Waals surface area contributed by atoms with E-state index in [0.717, 1.165) is 42.7 Å². The highest BCUT2D eigenvalue weighted by molar-refractivity contribution is 5.79. The fourth-order valence-electron chi connectivity index (χ4n) is 4.16. The van der Waals surface area contributed by atoms with Crippen LogP contribution in [0.15, 0.2) is 29.1 Å². The van der Waals surface area contributed by atoms with Crippen molar-refractivity contribution in [2.45, 2.75) is 45.1 Å². The summed E-state index contributed by atoms with van der Waals surface area (Å²) in [4.78, 5) is 34.7. The first-order chi connectivity index (χ1) is 13.1. The number of hydrogen-bond donors (Lipinski definition) is 1. The van der Waals surface area contributed by atoms with Gasteiger partial charge in [-0.1, -0.05) is 25.0 Å². The summed E-state index contributed by atoms with van der Waals surface area (Å²) in [5.41, 5.74) is 2.38. The molecule has 1 fully saturated rings. The number of carbonyl (C=O) groups is 1. The molecule has 1 N–H and O–H groups in total. The number of benzene rings is 1. The van der Waals surface area contributed by atoms with Crippen molar-refractivity contribution in [3.05, 3.63) is 57.3 Å². The molecule has 6 nitrogen and oxygen atoms in total. The van der Waals surface area contributed by atoms with E-state index in [-0.39, 0.29) is 17.4 Å². The monoisotopic (exact) mass is 367 g/mol. The van der Waals surface area contributed by atoms with Crippen molar-refractivity contribution in [2.24, 2.45) is 5.92 Å². The number of rotatable bonds is 4. The SMILES string of the molecule is COc1cccc(Cc2nc3c(c(=O)[nH]2)CN(C(=O)C2CCCC2)CC3)c1. The van der Waals surface area contributed by atoms with Crippen LogP contribution in [0.5, 0.6) is 5.75 Å². The fraction of sp³-hybridized carbons (Fsp3) is 0.476. The predicted octanol–water partition coefficient (Wildman–Crippen LogP) is 2.44. The summed E-state index contributed by atoms with van der Waals surface area (Å²) < 4.78 is 5.25. The Balaban J connectivity index is 1.52. The van der Waals surface area contributed by atoms with Crippen LogP contribution in [0.25, 0.3) is 0 Å². The average molecular weight is 367 g/mol. The van der Waals surface area contributed by atoms with Crippen LogP contribution in [0.4, 0.5) is 0 Å². The van der Waals surface area contributed by atoms with E-state index < -0.39 is 0 Å². The fourth-order valence-corrected chi connectivity index (χ4v) is 4.16. The molecule has 0 saturated heterocycles. The van der Waals surface area contributed by atoms with Gasteiger partial charge in [-0.05, 0) is 30.5 Å². The van der Waals surface area contributed by atoms with Gasteiger partial charge in [0.1, 0.15) is 11.6 Å². The van der Waals surface area contributed by atoms with Gasteiger partial charge in [0.15, 0.2) is 0 Å². The number of ether oxygens (including phenoxy) is 1. The van der Waals surface area contributed by atoms with E-state index in [1.54, 1.807) is 7.11 Å². The van der Waals surface area contributed by atoms with Gasteiger partial charge in [-0.25, -0.2) is 4.98 Å². The number of hydrogen-bond acceptors (Lipinski definition) is 4. The first-order valence-corrected chi connectivity index (χ1v) is 9.66. The number of aromatic nitrogens is 2. The van der Waals surface area contributed by atoms with Crippen LogP contribution in [0.1, 0.15) is 48.3 Å². The average Bonchev–Trinajstić information content (AvgIpc) is 3.22. The third-order valence-corrected chi connectivity index (χ3v) is 5.64. The largest absolute Gasteiger partial charge is 0.497 e. The highest BCUT2D eigenvalue weighted by Gasteiger charge is 2.30. The van der Waals surface area contributed by atoms with E-state index in [9.17, 15) is 9.59 Å². The number of H-pyrrole nitrogens is 1. The molecule has 2 aliphatic rings. The Hall–Kier alpha value is -2.63. The molecule has 27 heavy (non-hydrogen) atoms. The number of nitrogens with zero attached hydrogens (tertiary/aromatic N) is 2. The lowest BCUT2D eigenvalue weighted by Crippen LogP contribution is -2.42. The van der Waals surface area contributed by atoms with E-state index in [1.165, 1.54) is 0 Å². The van der Waals surface area contributed by atoms with Gasteiger partial charge in [0, 0.05) is 25.3 Å². The highest BCUT2D eigenvalue weighted by Crippen LogP contribution is 2.28. The molecule has 0 atom stereocenters. The third kappa shape index (κ3) is 3.75. The second-order valence-electron chi connectivity index (χ2n) is 7.46. The van der Waals surface area contributed by atoms with E-state index in [4.69, 9.17) is 4.74 Å². The number of aromatic amines is 1. The number of methoxy groups -OCH3 is 1. The van der Waals surface area contributed by atoms with E-state index in [2.05, 4.69) is 9.97 Å². The topological polar surface area (TPSA) is 75.3 Å². The van der Waals surface area contributed by atoms with Crippen molar-refractivity contribution < 1.29 is 9.53 Å². The molecule has 1 aliphatic heterocycles. The van der Waals surface area contributed by atoms with Crippen molar-refractivity contribution in [2.75, 3.05) is 13.7 Å². The zero-order chi connectivity index (χ0) is 18.8. The van der Waals surface area contributed by atoms with E-state index in [0.29, 0.717) is 37.3 Å². The van der Waals surface area contributed by atoms with Gasteiger partial charge in [-0.15, -0.1) is 0 Å². The Morgan fingerprint density at radius 1 is 1.33 bits per heavy atom. The Morgan fingerprint density at radius 3 is 2.93 bits per heavy atom. The molecule has 0 spiro atoms. The highest BCUT2D eigenvalue weighted by atomic mass is 16.5. The maximum absolute atomic E-state index is 12.7. The molecule has 4 rings (SSSR count). The Kier molecular flexibility index (Phi) is 4.97. The lowest BCUT2D eigenvalue weighted by Gasteiger charge is -2.30. The molecule has 1 aliphatic carbocycles. The molecular formula is C21H25N3O3. The molecule has 1 aromatic carbocycles. The quantitative estimate of drug-likeness (QED) is 0.901. The van der Waals surface area contributed by atoms with Crippen LogP contribution in [-0.2, 0) is 24.2 Å². The van der Waals surface area contributed by atoms with Gasteiger partial charge >= 0.3 is 0 Å². The van der Waals surface area contributed by atoms with Gasteiger partial charge in [0.25, 0.3) is 5.56 Å². The minimum absolute atomic E-state index is 0.123. The lowest BCUT2D eigenvalue weighted by molar-refractivity contribution is -0.136. The van der Waals surface area contributed by atoms with Crippen LogP contribution >= 0.6 is 0 Å². The molecule has 1 amide bonds. The molecule has 142 valence electrons. The number of nitrogens with one attached hydrogen (secondary N) is 1. The van der Waals surface area contributed by atoms with Gasteiger partial charge < -0.3 is 14.6 Å². The molecule has 0 radical (unpaired) electrons. The molecular weight excluding hydrogens is 342 g/mol. The van der Waals surface area contributed by atoms with Crippen LogP contribution in [0.3, 0.4) is 0 Å². The van der Waals surface area contributed by atoms with Crippen LogP contribution in [0, 0.1) is 5.92 Å². The summed E-state index contributed by atoms with van der Waals surface area (Å²) in [6.45, 7) is 1.03. The molecule has 2 heterocycles. The Bertz CT molecular complexity index is 900. The maximum atomic E-state index is 12.7. The normalized spacial score (nSPS) is 17.0. The van der Waals surface area contributed by atoms with Crippen molar-refractivity contribution in [1.29, 1.82) is 0 Å². The second kappa shape index (κ2) is 7.55. The number of fused-ring (bicyclic) bond motifs is 1. The van der Waals surface area contributed by atoms with Crippen LogP contribution in [0.2, 0.25) is 0 Å². The summed E-state index contributed by atoms with van der Waals surface area (Å²) >= 11 is 0. The van der Waals surface area contributed by atoms with Crippen LogP contribution in [-0.4, -0.2) is 34.4 Å². The summed E-state index contributed by atoms with van der Waals surface area (Å²) in [7, 11) is 1.64. The Labute approximate surface area is 158 Å². The van der Waals surface area contributed by atoms with Crippen LogP contribution < -0.4 is 10.3 Å². The standard InChI is InChI=1S/C21H25N3O3/c1-27-16-8-4-5-14(11-16)12-19-22-18-9-10-24(13-17(18)20(25)23-19)21(26)15-6-2-3-7-15/h4-5,8,11,15H,2-3,6-7,9-10,12-13H2,1H3,(H,22,23,25). The lowest BCUT2D eigenvalue weighted by atomic mass is 10.0. The van der Waals surface area contributed by atoms with Crippen molar-refractivity contribution in [1.82, 2.24) is 14.9 Å². The second-order valence-corrected chi connectivity index (χ2v) is 7.46. The van der Waals surface area contributed by atoms with Crippen molar-refractivity contribution in [3.8, 4) is 5.75 Å². The molecule has 2 aromatic rings. The minimum atomic E-state index is -0.123. The van der Waals surface area contributed by atoms with Gasteiger partial charge in [-0.2, -0.15) is 0 Å². The maximum Gasteiger partial charge on any atom is 0.256 e. The summed E-state index contributed by atoms with van der Waals surface area (Å²) in [5.74, 6) is 1.79. The molecule has 1 aromatic heterocycles. The molecule has 1 saturated carbocycles. The molecule has 0 bridgehead atoms.